The second kappa shape index (κ2) is 7.28. The molecule has 0 atom stereocenters. The third-order valence-corrected chi connectivity index (χ3v) is 6.42. The van der Waals surface area contributed by atoms with Gasteiger partial charge in [0.05, 0.1) is 18.3 Å². The summed E-state index contributed by atoms with van der Waals surface area (Å²) in [4.78, 5) is 34.8. The van der Waals surface area contributed by atoms with Crippen LogP contribution in [0.5, 0.6) is 5.75 Å². The Hall–Kier alpha value is -3.59. The molecule has 0 N–H and O–H groups in total. The van der Waals surface area contributed by atoms with Gasteiger partial charge in [0.2, 0.25) is 0 Å². The van der Waals surface area contributed by atoms with Gasteiger partial charge in [-0.25, -0.2) is 9.97 Å². The number of fused-ring (bicyclic) bond motifs is 4. The van der Waals surface area contributed by atoms with Crippen LogP contribution in [0.4, 0.5) is 0 Å². The van der Waals surface area contributed by atoms with E-state index in [1.54, 1.807) is 32.5 Å². The van der Waals surface area contributed by atoms with E-state index in [0.29, 0.717) is 39.0 Å². The van der Waals surface area contributed by atoms with Crippen molar-refractivity contribution in [3.05, 3.63) is 75.1 Å². The van der Waals surface area contributed by atoms with E-state index in [-0.39, 0.29) is 11.1 Å². The van der Waals surface area contributed by atoms with Crippen molar-refractivity contribution < 1.29 is 4.74 Å². The van der Waals surface area contributed by atoms with Crippen LogP contribution in [0.2, 0.25) is 0 Å². The standard InChI is InChI=1S/C22H19N5O3S/c1-25-16-8-7-14(30-3)11-15(16)19-20(25)21(29)26(2)22(24-19)31-12-13-10-18(28)27-9-5-4-6-17(27)23-13/h4-11H,12H2,1-3H3. The predicted molar refractivity (Wildman–Crippen MR) is 121 cm³/mol. The van der Waals surface area contributed by atoms with Gasteiger partial charge in [-0.1, -0.05) is 17.8 Å². The SMILES string of the molecule is COc1ccc2c(c1)c1nc(SCc3cc(=O)n4ccccc4n3)n(C)c(=O)c1n2C. The lowest BCUT2D eigenvalue weighted by Crippen LogP contribution is -2.21. The number of hydrogen-bond acceptors (Lipinski definition) is 6. The van der Waals surface area contributed by atoms with E-state index in [2.05, 4.69) is 4.98 Å². The molecule has 0 aliphatic carbocycles. The average molecular weight is 433 g/mol. The normalized spacial score (nSPS) is 11.6. The van der Waals surface area contributed by atoms with Crippen LogP contribution in [0.3, 0.4) is 0 Å². The second-order valence-electron chi connectivity index (χ2n) is 7.20. The molecule has 0 amide bonds. The number of methoxy groups -OCH3 is 1. The molecule has 0 saturated carbocycles. The molecule has 0 aliphatic heterocycles. The lowest BCUT2D eigenvalue weighted by atomic mass is 10.2. The maximum Gasteiger partial charge on any atom is 0.278 e. The zero-order chi connectivity index (χ0) is 21.7. The van der Waals surface area contributed by atoms with E-state index < -0.39 is 0 Å². The van der Waals surface area contributed by atoms with E-state index in [1.807, 2.05) is 35.9 Å². The number of nitrogens with zero attached hydrogens (tertiary/aromatic N) is 5. The first-order valence-corrected chi connectivity index (χ1v) is 10.6. The van der Waals surface area contributed by atoms with Crippen LogP contribution < -0.4 is 15.9 Å². The van der Waals surface area contributed by atoms with Crippen molar-refractivity contribution in [2.75, 3.05) is 7.11 Å². The molecule has 156 valence electrons. The van der Waals surface area contributed by atoms with E-state index in [4.69, 9.17) is 9.72 Å². The fraction of sp³-hybridized carbons (Fsp3) is 0.182. The maximum absolute atomic E-state index is 13.1. The summed E-state index contributed by atoms with van der Waals surface area (Å²) < 4.78 is 10.2. The summed E-state index contributed by atoms with van der Waals surface area (Å²) in [5.41, 5.74) is 3.04. The number of hydrogen-bond donors (Lipinski definition) is 0. The number of benzene rings is 1. The van der Waals surface area contributed by atoms with Crippen molar-refractivity contribution in [1.29, 1.82) is 0 Å². The molecule has 0 unspecified atom stereocenters. The van der Waals surface area contributed by atoms with Crippen LogP contribution in [0.1, 0.15) is 5.69 Å². The Morgan fingerprint density at radius 2 is 1.87 bits per heavy atom. The topological polar surface area (TPSA) is 83.4 Å². The van der Waals surface area contributed by atoms with Crippen molar-refractivity contribution in [1.82, 2.24) is 23.5 Å². The van der Waals surface area contributed by atoms with Crippen LogP contribution in [0.25, 0.3) is 27.6 Å². The van der Waals surface area contributed by atoms with Crippen molar-refractivity contribution in [2.45, 2.75) is 10.9 Å². The van der Waals surface area contributed by atoms with Gasteiger partial charge in [-0.05, 0) is 30.3 Å². The fourth-order valence-electron chi connectivity index (χ4n) is 3.75. The van der Waals surface area contributed by atoms with Gasteiger partial charge in [0.1, 0.15) is 22.4 Å². The summed E-state index contributed by atoms with van der Waals surface area (Å²) in [7, 11) is 5.18. The van der Waals surface area contributed by atoms with Gasteiger partial charge in [0, 0.05) is 37.5 Å². The molecular formula is C22H19N5O3S. The van der Waals surface area contributed by atoms with Crippen LogP contribution in [-0.4, -0.2) is 30.6 Å². The number of ether oxygens (including phenoxy) is 1. The van der Waals surface area contributed by atoms with Crippen molar-refractivity contribution in [3.63, 3.8) is 0 Å². The number of thioether (sulfide) groups is 1. The minimum atomic E-state index is -0.139. The Bertz CT molecular complexity index is 1600. The summed E-state index contributed by atoms with van der Waals surface area (Å²) in [6, 6.07) is 12.6. The molecule has 0 spiro atoms. The van der Waals surface area contributed by atoms with E-state index in [0.717, 1.165) is 10.9 Å². The minimum Gasteiger partial charge on any atom is -0.497 e. The highest BCUT2D eigenvalue weighted by Crippen LogP contribution is 2.30. The largest absolute Gasteiger partial charge is 0.497 e. The molecule has 4 heterocycles. The molecule has 31 heavy (non-hydrogen) atoms. The molecule has 5 rings (SSSR count). The molecule has 1 aromatic carbocycles. The van der Waals surface area contributed by atoms with Crippen molar-refractivity contribution in [3.8, 4) is 5.75 Å². The highest BCUT2D eigenvalue weighted by molar-refractivity contribution is 7.98. The second-order valence-corrected chi connectivity index (χ2v) is 8.14. The van der Waals surface area contributed by atoms with Gasteiger partial charge in [-0.15, -0.1) is 0 Å². The van der Waals surface area contributed by atoms with Crippen LogP contribution in [0, 0.1) is 0 Å². The molecule has 5 aromatic rings. The van der Waals surface area contributed by atoms with Crippen molar-refractivity contribution in [2.24, 2.45) is 14.1 Å². The molecular weight excluding hydrogens is 414 g/mol. The fourth-order valence-corrected chi connectivity index (χ4v) is 4.61. The number of pyridine rings is 1. The average Bonchev–Trinajstić information content (AvgIpc) is 3.06. The molecule has 0 saturated heterocycles. The minimum absolute atomic E-state index is 0.128. The Morgan fingerprint density at radius 1 is 1.03 bits per heavy atom. The summed E-state index contributed by atoms with van der Waals surface area (Å²) >= 11 is 1.37. The van der Waals surface area contributed by atoms with Gasteiger partial charge in [-0.2, -0.15) is 0 Å². The third-order valence-electron chi connectivity index (χ3n) is 5.35. The third kappa shape index (κ3) is 3.09. The van der Waals surface area contributed by atoms with Crippen molar-refractivity contribution >= 4 is 39.3 Å². The first-order valence-electron chi connectivity index (χ1n) is 9.61. The lowest BCUT2D eigenvalue weighted by Gasteiger charge is -2.08. The van der Waals surface area contributed by atoms with Crippen LogP contribution >= 0.6 is 11.8 Å². The van der Waals surface area contributed by atoms with E-state index in [1.165, 1.54) is 26.8 Å². The van der Waals surface area contributed by atoms with Gasteiger partial charge in [-0.3, -0.25) is 18.6 Å². The molecule has 0 aliphatic rings. The van der Waals surface area contributed by atoms with Gasteiger partial charge < -0.3 is 9.30 Å². The Labute approximate surface area is 180 Å². The van der Waals surface area contributed by atoms with Gasteiger partial charge in [0.15, 0.2) is 5.16 Å². The lowest BCUT2D eigenvalue weighted by molar-refractivity contribution is 0.415. The quantitative estimate of drug-likeness (QED) is 0.320. The van der Waals surface area contributed by atoms with E-state index in [9.17, 15) is 9.59 Å². The molecule has 8 nitrogen and oxygen atoms in total. The van der Waals surface area contributed by atoms with Crippen LogP contribution in [-0.2, 0) is 19.8 Å². The zero-order valence-electron chi connectivity index (χ0n) is 17.2. The smallest absolute Gasteiger partial charge is 0.278 e. The van der Waals surface area contributed by atoms with Gasteiger partial charge in [0.25, 0.3) is 11.1 Å². The predicted octanol–water partition coefficient (Wildman–Crippen LogP) is 2.73. The van der Waals surface area contributed by atoms with Crippen LogP contribution in [0.15, 0.2) is 63.4 Å². The maximum atomic E-state index is 13.1. The highest BCUT2D eigenvalue weighted by atomic mass is 32.2. The monoisotopic (exact) mass is 433 g/mol. The molecule has 0 fully saturated rings. The molecule has 9 heteroatoms. The zero-order valence-corrected chi connectivity index (χ0v) is 18.0. The summed E-state index contributed by atoms with van der Waals surface area (Å²) in [5, 5.41) is 1.42. The highest BCUT2D eigenvalue weighted by Gasteiger charge is 2.17. The first kappa shape index (κ1) is 19.4. The van der Waals surface area contributed by atoms with E-state index >= 15 is 0 Å². The first-order chi connectivity index (χ1) is 15.0. The number of aryl methyl sites for hydroxylation is 1. The Kier molecular flexibility index (Phi) is 4.55. The molecule has 4 aromatic heterocycles. The Morgan fingerprint density at radius 3 is 2.68 bits per heavy atom. The number of aromatic nitrogens is 5. The summed E-state index contributed by atoms with van der Waals surface area (Å²) in [5.74, 6) is 1.12. The molecule has 0 radical (unpaired) electrons. The number of rotatable bonds is 4. The molecule has 0 bridgehead atoms. The summed E-state index contributed by atoms with van der Waals surface area (Å²) in [6.45, 7) is 0. The Balaban J connectivity index is 1.60. The summed E-state index contributed by atoms with van der Waals surface area (Å²) in [6.07, 6.45) is 1.69. The van der Waals surface area contributed by atoms with Gasteiger partial charge >= 0.3 is 0 Å².